The highest BCUT2D eigenvalue weighted by molar-refractivity contribution is 14.1. The molecule has 0 atom stereocenters. The molecule has 2 N–H and O–H groups in total. The minimum atomic E-state index is -0.207. The van der Waals surface area contributed by atoms with E-state index in [1.165, 1.54) is 0 Å². The average Bonchev–Trinajstić information content (AvgIpc) is 2.42. The second-order valence-corrected chi connectivity index (χ2v) is 6.58. The van der Waals surface area contributed by atoms with Gasteiger partial charge in [0.15, 0.2) is 0 Å². The van der Waals surface area contributed by atoms with E-state index < -0.39 is 0 Å². The SMILES string of the molecule is Cc1ccc(NC(=O)c2cc(I)ccc2Br)c(C)c1O. The fourth-order valence-electron chi connectivity index (χ4n) is 1.83. The van der Waals surface area contributed by atoms with Crippen molar-refractivity contribution in [3.63, 3.8) is 0 Å². The smallest absolute Gasteiger partial charge is 0.256 e. The lowest BCUT2D eigenvalue weighted by atomic mass is 10.1. The maximum Gasteiger partial charge on any atom is 0.256 e. The fraction of sp³-hybridized carbons (Fsp3) is 0.133. The number of hydrogen-bond acceptors (Lipinski definition) is 2. The third kappa shape index (κ3) is 3.15. The van der Waals surface area contributed by atoms with E-state index in [2.05, 4.69) is 43.8 Å². The van der Waals surface area contributed by atoms with Crippen LogP contribution in [0.25, 0.3) is 0 Å². The first kappa shape index (κ1) is 15.3. The zero-order valence-corrected chi connectivity index (χ0v) is 14.7. The molecule has 0 heterocycles. The number of hydrogen-bond donors (Lipinski definition) is 2. The van der Waals surface area contributed by atoms with Crippen LogP contribution in [0.5, 0.6) is 5.75 Å². The molecule has 2 aromatic carbocycles. The normalized spacial score (nSPS) is 10.4. The Morgan fingerprint density at radius 2 is 1.95 bits per heavy atom. The highest BCUT2D eigenvalue weighted by Crippen LogP contribution is 2.29. The molecule has 0 aliphatic carbocycles. The minimum Gasteiger partial charge on any atom is -0.507 e. The van der Waals surface area contributed by atoms with Gasteiger partial charge in [-0.15, -0.1) is 0 Å². The van der Waals surface area contributed by atoms with Gasteiger partial charge in [0.2, 0.25) is 0 Å². The van der Waals surface area contributed by atoms with Gasteiger partial charge in [0, 0.05) is 19.3 Å². The first-order chi connectivity index (χ1) is 9.40. The summed E-state index contributed by atoms with van der Waals surface area (Å²) in [6.07, 6.45) is 0. The Balaban J connectivity index is 2.33. The van der Waals surface area contributed by atoms with E-state index in [4.69, 9.17) is 0 Å². The van der Waals surface area contributed by atoms with Crippen LogP contribution in [0.3, 0.4) is 0 Å². The van der Waals surface area contributed by atoms with Gasteiger partial charge in [0.1, 0.15) is 5.75 Å². The molecule has 0 saturated heterocycles. The van der Waals surface area contributed by atoms with Crippen molar-refractivity contribution in [2.24, 2.45) is 0 Å². The number of anilines is 1. The molecule has 2 rings (SSSR count). The Morgan fingerprint density at radius 1 is 1.25 bits per heavy atom. The summed E-state index contributed by atoms with van der Waals surface area (Å²) in [6, 6.07) is 9.15. The van der Waals surface area contributed by atoms with E-state index in [0.29, 0.717) is 16.8 Å². The predicted octanol–water partition coefficient (Wildman–Crippen LogP) is 4.63. The molecule has 0 saturated carbocycles. The lowest BCUT2D eigenvalue weighted by molar-refractivity contribution is 0.102. The molecule has 5 heteroatoms. The lowest BCUT2D eigenvalue weighted by Crippen LogP contribution is -2.13. The number of benzene rings is 2. The summed E-state index contributed by atoms with van der Waals surface area (Å²) in [7, 11) is 0. The Kier molecular flexibility index (Phi) is 4.70. The molecule has 2 aromatic rings. The third-order valence-corrected chi connectivity index (χ3v) is 4.42. The zero-order valence-electron chi connectivity index (χ0n) is 11.0. The molecule has 0 unspecified atom stereocenters. The molecule has 0 radical (unpaired) electrons. The molecule has 0 fully saturated rings. The summed E-state index contributed by atoms with van der Waals surface area (Å²) in [4.78, 5) is 12.3. The Morgan fingerprint density at radius 3 is 2.65 bits per heavy atom. The standard InChI is InChI=1S/C15H13BrINO2/c1-8-3-6-13(9(2)14(8)19)18-15(20)11-7-10(17)4-5-12(11)16/h3-7,19H,1-2H3,(H,18,20). The van der Waals surface area contributed by atoms with Crippen molar-refractivity contribution in [3.05, 3.63) is 55.1 Å². The molecule has 3 nitrogen and oxygen atoms in total. The van der Waals surface area contributed by atoms with E-state index in [9.17, 15) is 9.90 Å². The average molecular weight is 446 g/mol. The molecule has 104 valence electrons. The molecule has 0 aliphatic rings. The first-order valence-electron chi connectivity index (χ1n) is 5.95. The van der Waals surface area contributed by atoms with Gasteiger partial charge in [-0.25, -0.2) is 0 Å². The van der Waals surface area contributed by atoms with Crippen LogP contribution in [0.1, 0.15) is 21.5 Å². The quantitative estimate of drug-likeness (QED) is 0.662. The molecule has 1 amide bonds. The van der Waals surface area contributed by atoms with Crippen LogP contribution in [0, 0.1) is 17.4 Å². The number of phenols is 1. The number of phenolic OH excluding ortho intramolecular Hbond substituents is 1. The van der Waals surface area contributed by atoms with Crippen molar-refractivity contribution in [3.8, 4) is 5.75 Å². The first-order valence-corrected chi connectivity index (χ1v) is 7.83. The number of rotatable bonds is 2. The van der Waals surface area contributed by atoms with Crippen molar-refractivity contribution < 1.29 is 9.90 Å². The number of halogens is 2. The second kappa shape index (κ2) is 6.13. The fourth-order valence-corrected chi connectivity index (χ4v) is 2.75. The minimum absolute atomic E-state index is 0.207. The van der Waals surface area contributed by atoms with E-state index in [1.807, 2.05) is 25.1 Å². The van der Waals surface area contributed by atoms with E-state index >= 15 is 0 Å². The molecule has 0 aromatic heterocycles. The van der Waals surface area contributed by atoms with E-state index in [-0.39, 0.29) is 11.7 Å². The highest BCUT2D eigenvalue weighted by atomic mass is 127. The third-order valence-electron chi connectivity index (χ3n) is 3.05. The van der Waals surface area contributed by atoms with Gasteiger partial charge in [-0.2, -0.15) is 0 Å². The maximum absolute atomic E-state index is 12.3. The van der Waals surface area contributed by atoms with E-state index in [0.717, 1.165) is 13.6 Å². The number of nitrogens with one attached hydrogen (secondary N) is 1. The van der Waals surface area contributed by atoms with Gasteiger partial charge in [0.05, 0.1) is 5.56 Å². The van der Waals surface area contributed by atoms with Crippen molar-refractivity contribution in [2.75, 3.05) is 5.32 Å². The summed E-state index contributed by atoms with van der Waals surface area (Å²) >= 11 is 5.54. The number of carbonyl (C=O) groups excluding carboxylic acids is 1. The number of carbonyl (C=O) groups is 1. The van der Waals surface area contributed by atoms with Crippen molar-refractivity contribution in [1.29, 1.82) is 0 Å². The van der Waals surface area contributed by atoms with Crippen LogP contribution in [-0.2, 0) is 0 Å². The summed E-state index contributed by atoms with van der Waals surface area (Å²) in [6.45, 7) is 3.60. The van der Waals surface area contributed by atoms with Crippen molar-refractivity contribution >= 4 is 50.1 Å². The molecule has 0 spiro atoms. The van der Waals surface area contributed by atoms with Crippen molar-refractivity contribution in [1.82, 2.24) is 0 Å². The monoisotopic (exact) mass is 445 g/mol. The molecule has 20 heavy (non-hydrogen) atoms. The summed E-state index contributed by atoms with van der Waals surface area (Å²) < 4.78 is 1.73. The van der Waals surface area contributed by atoms with Gasteiger partial charge in [-0.05, 0) is 82.2 Å². The highest BCUT2D eigenvalue weighted by Gasteiger charge is 2.13. The van der Waals surface area contributed by atoms with Gasteiger partial charge in [-0.1, -0.05) is 6.07 Å². The van der Waals surface area contributed by atoms with Crippen LogP contribution in [0.4, 0.5) is 5.69 Å². The van der Waals surface area contributed by atoms with Gasteiger partial charge < -0.3 is 10.4 Å². The summed E-state index contributed by atoms with van der Waals surface area (Å²) in [5.74, 6) is 0.00579. The van der Waals surface area contributed by atoms with Gasteiger partial charge >= 0.3 is 0 Å². The molecule has 0 aliphatic heterocycles. The summed E-state index contributed by atoms with van der Waals surface area (Å²) in [5.41, 5.74) is 2.64. The van der Waals surface area contributed by atoms with Crippen molar-refractivity contribution in [2.45, 2.75) is 13.8 Å². The largest absolute Gasteiger partial charge is 0.507 e. The Hall–Kier alpha value is -1.08. The Labute approximate surface area is 139 Å². The Bertz CT molecular complexity index is 686. The van der Waals surface area contributed by atoms with Crippen LogP contribution in [0.15, 0.2) is 34.8 Å². The predicted molar refractivity (Wildman–Crippen MR) is 92.4 cm³/mol. The lowest BCUT2D eigenvalue weighted by Gasteiger charge is -2.12. The van der Waals surface area contributed by atoms with Crippen LogP contribution < -0.4 is 5.32 Å². The van der Waals surface area contributed by atoms with Crippen LogP contribution >= 0.6 is 38.5 Å². The number of aryl methyl sites for hydroxylation is 1. The van der Waals surface area contributed by atoms with Gasteiger partial charge in [-0.3, -0.25) is 4.79 Å². The van der Waals surface area contributed by atoms with Crippen LogP contribution in [-0.4, -0.2) is 11.0 Å². The second-order valence-electron chi connectivity index (χ2n) is 4.48. The van der Waals surface area contributed by atoms with E-state index in [1.54, 1.807) is 19.1 Å². The molecule has 0 bridgehead atoms. The molecular formula is C15H13BrINO2. The van der Waals surface area contributed by atoms with Crippen LogP contribution in [0.2, 0.25) is 0 Å². The zero-order chi connectivity index (χ0) is 14.9. The topological polar surface area (TPSA) is 49.3 Å². The van der Waals surface area contributed by atoms with Gasteiger partial charge in [0.25, 0.3) is 5.91 Å². The maximum atomic E-state index is 12.3. The summed E-state index contributed by atoms with van der Waals surface area (Å²) in [5, 5.41) is 12.7. The number of amides is 1. The molecular weight excluding hydrogens is 433 g/mol. The number of aromatic hydroxyl groups is 1.